The van der Waals surface area contributed by atoms with Gasteiger partial charge < -0.3 is 16.0 Å². The summed E-state index contributed by atoms with van der Waals surface area (Å²) in [6.45, 7) is 5.62. The number of amides is 2. The van der Waals surface area contributed by atoms with Gasteiger partial charge in [0.1, 0.15) is 11.6 Å². The number of hydrogen-bond acceptors (Lipinski definition) is 4. The van der Waals surface area contributed by atoms with Gasteiger partial charge >= 0.3 is 0 Å². The van der Waals surface area contributed by atoms with E-state index in [9.17, 15) is 14.0 Å². The molecular weight excluding hydrogens is 347 g/mol. The lowest BCUT2D eigenvalue weighted by molar-refractivity contribution is -0.117. The molecule has 0 fully saturated rings. The normalized spacial score (nSPS) is 21.5. The number of nitrogens with zero attached hydrogens (tertiary/aromatic N) is 2. The van der Waals surface area contributed by atoms with Crippen LogP contribution in [-0.4, -0.2) is 22.8 Å². The highest BCUT2D eigenvalue weighted by Gasteiger charge is 2.40. The van der Waals surface area contributed by atoms with Gasteiger partial charge in [0.05, 0.1) is 12.2 Å². The number of primary amides is 1. The summed E-state index contributed by atoms with van der Waals surface area (Å²) in [4.78, 5) is 29.9. The number of carbonyl (C=O) groups excluding carboxylic acids is 2. The van der Waals surface area contributed by atoms with E-state index in [4.69, 9.17) is 5.73 Å². The van der Waals surface area contributed by atoms with Gasteiger partial charge in [0.2, 0.25) is 11.8 Å². The Labute approximate surface area is 157 Å². The third-order valence-electron chi connectivity index (χ3n) is 5.16. The molecule has 0 radical (unpaired) electrons. The number of benzene rings is 1. The summed E-state index contributed by atoms with van der Waals surface area (Å²) in [5.74, 6) is -0.449. The molecule has 0 saturated heterocycles. The van der Waals surface area contributed by atoms with Crippen molar-refractivity contribution in [3.8, 4) is 0 Å². The molecule has 2 heterocycles. The predicted molar refractivity (Wildman–Crippen MR) is 102 cm³/mol. The average molecular weight is 370 g/mol. The molecule has 1 aliphatic rings. The van der Waals surface area contributed by atoms with Crippen LogP contribution in [0, 0.1) is 11.7 Å². The van der Waals surface area contributed by atoms with Gasteiger partial charge in [0.25, 0.3) is 0 Å². The standard InChI is InChI=1S/C20H23FN4O2/c1-4-16-11(2)19(24-18-8-6-14(21)10-23-18)15-9-13(20(22)27)5-7-17(15)25(16)12(3)26/h5-11,16,19H,4H2,1-3H3,(H2,22,27)(H,23,24)/t11-,16-,19?/m0/s1. The smallest absolute Gasteiger partial charge is 0.248 e. The van der Waals surface area contributed by atoms with Crippen molar-refractivity contribution in [2.75, 3.05) is 10.2 Å². The fourth-order valence-electron chi connectivity index (χ4n) is 3.88. The minimum atomic E-state index is -0.531. The molecule has 2 amide bonds. The number of anilines is 2. The first-order chi connectivity index (χ1) is 12.8. The minimum absolute atomic E-state index is 0.0209. The van der Waals surface area contributed by atoms with Crippen LogP contribution in [0.25, 0.3) is 0 Å². The molecular formula is C20H23FN4O2. The highest BCUT2D eigenvalue weighted by atomic mass is 19.1. The van der Waals surface area contributed by atoms with Crippen molar-refractivity contribution in [3.63, 3.8) is 0 Å². The molecule has 142 valence electrons. The van der Waals surface area contributed by atoms with E-state index in [-0.39, 0.29) is 23.9 Å². The second kappa shape index (κ2) is 7.34. The number of aromatic nitrogens is 1. The van der Waals surface area contributed by atoms with Gasteiger partial charge in [0, 0.05) is 30.1 Å². The van der Waals surface area contributed by atoms with Gasteiger partial charge in [-0.1, -0.05) is 13.8 Å². The highest BCUT2D eigenvalue weighted by Crippen LogP contribution is 2.43. The fraction of sp³-hybridized carbons (Fsp3) is 0.350. The highest BCUT2D eigenvalue weighted by molar-refractivity contribution is 5.97. The van der Waals surface area contributed by atoms with Crippen LogP contribution in [0.3, 0.4) is 0 Å². The Kier molecular flexibility index (Phi) is 5.12. The van der Waals surface area contributed by atoms with E-state index < -0.39 is 11.7 Å². The molecule has 0 spiro atoms. The lowest BCUT2D eigenvalue weighted by Crippen LogP contribution is -2.49. The quantitative estimate of drug-likeness (QED) is 0.865. The molecule has 3 N–H and O–H groups in total. The summed E-state index contributed by atoms with van der Waals surface area (Å²) in [5, 5.41) is 3.34. The Morgan fingerprint density at radius 1 is 1.30 bits per heavy atom. The van der Waals surface area contributed by atoms with Crippen LogP contribution in [0.2, 0.25) is 0 Å². The van der Waals surface area contributed by atoms with Gasteiger partial charge in [-0.2, -0.15) is 0 Å². The topological polar surface area (TPSA) is 88.3 Å². The second-order valence-corrected chi connectivity index (χ2v) is 6.85. The van der Waals surface area contributed by atoms with Crippen LogP contribution in [0.4, 0.5) is 15.9 Å². The summed E-state index contributed by atoms with van der Waals surface area (Å²) >= 11 is 0. The van der Waals surface area contributed by atoms with Crippen LogP contribution in [0.15, 0.2) is 36.5 Å². The van der Waals surface area contributed by atoms with Crippen LogP contribution in [0.1, 0.15) is 49.2 Å². The first-order valence-electron chi connectivity index (χ1n) is 8.95. The van der Waals surface area contributed by atoms with Crippen molar-refractivity contribution in [3.05, 3.63) is 53.5 Å². The molecule has 1 unspecified atom stereocenters. The maximum Gasteiger partial charge on any atom is 0.248 e. The van der Waals surface area contributed by atoms with Gasteiger partial charge in [-0.3, -0.25) is 9.59 Å². The molecule has 6 nitrogen and oxygen atoms in total. The first-order valence-corrected chi connectivity index (χ1v) is 8.95. The Hall–Kier alpha value is -2.96. The van der Waals surface area contributed by atoms with Crippen molar-refractivity contribution in [2.24, 2.45) is 11.7 Å². The number of carbonyl (C=O) groups is 2. The monoisotopic (exact) mass is 370 g/mol. The summed E-state index contributed by atoms with van der Waals surface area (Å²) in [5.41, 5.74) is 7.37. The SMILES string of the molecule is CC[C@H]1[C@H](C)C(Nc2ccc(F)cn2)c2cc(C(N)=O)ccc2N1C(C)=O. The molecule has 2 aromatic rings. The zero-order valence-corrected chi connectivity index (χ0v) is 15.6. The van der Waals surface area contributed by atoms with Gasteiger partial charge in [-0.15, -0.1) is 0 Å². The third kappa shape index (κ3) is 3.49. The van der Waals surface area contributed by atoms with E-state index in [1.807, 2.05) is 13.8 Å². The largest absolute Gasteiger partial charge is 0.366 e. The number of hydrogen-bond donors (Lipinski definition) is 2. The molecule has 0 aliphatic carbocycles. The number of nitrogens with two attached hydrogens (primary N) is 1. The maximum absolute atomic E-state index is 13.2. The first kappa shape index (κ1) is 18.8. The Bertz CT molecular complexity index is 869. The van der Waals surface area contributed by atoms with Gasteiger partial charge in [-0.25, -0.2) is 9.37 Å². The van der Waals surface area contributed by atoms with E-state index in [1.54, 1.807) is 29.2 Å². The van der Waals surface area contributed by atoms with E-state index in [0.29, 0.717) is 11.4 Å². The minimum Gasteiger partial charge on any atom is -0.366 e. The summed E-state index contributed by atoms with van der Waals surface area (Å²) in [7, 11) is 0. The molecule has 1 aromatic heterocycles. The van der Waals surface area contributed by atoms with Crippen LogP contribution < -0.4 is 16.0 Å². The predicted octanol–water partition coefficient (Wildman–Crippen LogP) is 3.25. The van der Waals surface area contributed by atoms with Crippen molar-refractivity contribution in [1.29, 1.82) is 0 Å². The zero-order chi connectivity index (χ0) is 19.7. The zero-order valence-electron chi connectivity index (χ0n) is 15.6. The lowest BCUT2D eigenvalue weighted by Gasteiger charge is -2.45. The van der Waals surface area contributed by atoms with Crippen LogP contribution in [0.5, 0.6) is 0 Å². The summed E-state index contributed by atoms with van der Waals surface area (Å²) in [6.07, 6.45) is 1.92. The second-order valence-electron chi connectivity index (χ2n) is 6.85. The van der Waals surface area contributed by atoms with Crippen molar-refractivity contribution in [2.45, 2.75) is 39.3 Å². The molecule has 27 heavy (non-hydrogen) atoms. The number of fused-ring (bicyclic) bond motifs is 1. The molecule has 0 saturated carbocycles. The molecule has 3 rings (SSSR count). The van der Waals surface area contributed by atoms with E-state index >= 15 is 0 Å². The number of pyridine rings is 1. The van der Waals surface area contributed by atoms with E-state index in [2.05, 4.69) is 10.3 Å². The fourth-order valence-corrected chi connectivity index (χ4v) is 3.88. The Balaban J connectivity index is 2.12. The van der Waals surface area contributed by atoms with Crippen molar-refractivity contribution >= 4 is 23.3 Å². The number of halogens is 1. The molecule has 0 bridgehead atoms. The summed E-state index contributed by atoms with van der Waals surface area (Å²) < 4.78 is 13.2. The van der Waals surface area contributed by atoms with Crippen LogP contribution >= 0.6 is 0 Å². The van der Waals surface area contributed by atoms with Crippen molar-refractivity contribution in [1.82, 2.24) is 4.98 Å². The Morgan fingerprint density at radius 3 is 2.59 bits per heavy atom. The van der Waals surface area contributed by atoms with E-state index in [1.165, 1.54) is 13.0 Å². The summed E-state index contributed by atoms with van der Waals surface area (Å²) in [6, 6.07) is 7.79. The van der Waals surface area contributed by atoms with Gasteiger partial charge in [0.15, 0.2) is 0 Å². The molecule has 7 heteroatoms. The maximum atomic E-state index is 13.2. The average Bonchev–Trinajstić information content (AvgIpc) is 2.64. The molecule has 1 aromatic carbocycles. The molecule has 3 atom stereocenters. The van der Waals surface area contributed by atoms with E-state index in [0.717, 1.165) is 23.9 Å². The third-order valence-corrected chi connectivity index (χ3v) is 5.16. The molecule has 1 aliphatic heterocycles. The lowest BCUT2D eigenvalue weighted by atomic mass is 9.80. The van der Waals surface area contributed by atoms with Crippen molar-refractivity contribution < 1.29 is 14.0 Å². The van der Waals surface area contributed by atoms with Crippen LogP contribution in [-0.2, 0) is 4.79 Å². The number of nitrogens with one attached hydrogen (secondary N) is 1. The Morgan fingerprint density at radius 2 is 2.04 bits per heavy atom. The number of rotatable bonds is 4. The van der Waals surface area contributed by atoms with Gasteiger partial charge in [-0.05, 0) is 42.3 Å².